The molecule has 0 aromatic carbocycles. The maximum Gasteiger partial charge on any atom is 0.217 e. The molecule has 0 aromatic rings. The summed E-state index contributed by atoms with van der Waals surface area (Å²) in [5.41, 5.74) is 0. The van der Waals surface area contributed by atoms with Gasteiger partial charge < -0.3 is 30.1 Å². The van der Waals surface area contributed by atoms with Gasteiger partial charge >= 0.3 is 0 Å². The van der Waals surface area contributed by atoms with Crippen LogP contribution in [-0.2, 0) is 14.3 Å². The second-order valence-corrected chi connectivity index (χ2v) is 4.47. The first-order chi connectivity index (χ1) is 8.51. The van der Waals surface area contributed by atoms with Gasteiger partial charge in [0.25, 0.3) is 0 Å². The zero-order chi connectivity index (χ0) is 13.7. The lowest BCUT2D eigenvalue weighted by atomic mass is 9.97. The van der Waals surface area contributed by atoms with Gasteiger partial charge in [-0.05, 0) is 0 Å². The zero-order valence-corrected chi connectivity index (χ0v) is 10.9. The number of thiol groups is 1. The summed E-state index contributed by atoms with van der Waals surface area (Å²) in [5, 5.41) is 31.1. The lowest BCUT2D eigenvalue weighted by molar-refractivity contribution is -0.268. The highest BCUT2D eigenvalue weighted by molar-refractivity contribution is 7.80. The summed E-state index contributed by atoms with van der Waals surface area (Å²) in [7, 11) is 0. The molecular weight excluding hydrogens is 262 g/mol. The first-order valence-corrected chi connectivity index (χ1v) is 6.26. The molecule has 7 nitrogen and oxygen atoms in total. The van der Waals surface area contributed by atoms with Gasteiger partial charge in [0.15, 0.2) is 6.29 Å². The molecule has 1 fully saturated rings. The van der Waals surface area contributed by atoms with Gasteiger partial charge in [-0.15, -0.1) is 0 Å². The van der Waals surface area contributed by atoms with E-state index in [9.17, 15) is 15.0 Å². The molecule has 0 saturated carbocycles. The van der Waals surface area contributed by atoms with E-state index >= 15 is 0 Å². The van der Waals surface area contributed by atoms with E-state index in [4.69, 9.17) is 14.6 Å². The largest absolute Gasteiger partial charge is 0.394 e. The van der Waals surface area contributed by atoms with Crippen LogP contribution in [0.2, 0.25) is 0 Å². The molecular formula is C10H19NO6S. The van der Waals surface area contributed by atoms with Crippen LogP contribution in [0, 0.1) is 0 Å². The summed E-state index contributed by atoms with van der Waals surface area (Å²) in [6, 6.07) is -0.889. The van der Waals surface area contributed by atoms with Crippen LogP contribution >= 0.6 is 12.6 Å². The van der Waals surface area contributed by atoms with Crippen LogP contribution in [0.1, 0.15) is 6.92 Å². The number of hydrogen-bond acceptors (Lipinski definition) is 7. The molecule has 0 radical (unpaired) electrons. The third kappa shape index (κ3) is 3.81. The van der Waals surface area contributed by atoms with Crippen LogP contribution < -0.4 is 5.32 Å². The second kappa shape index (κ2) is 7.27. The van der Waals surface area contributed by atoms with Crippen molar-refractivity contribution in [2.45, 2.75) is 37.6 Å². The SMILES string of the molecule is CC(=O)N[C@@H]1[C@@H](OCCS)O[C@H](CO)[C@@H](O)[C@@H]1O. The molecule has 0 aromatic heterocycles. The molecule has 0 spiro atoms. The predicted molar refractivity (Wildman–Crippen MR) is 65.2 cm³/mol. The van der Waals surface area contributed by atoms with Gasteiger partial charge in [-0.2, -0.15) is 12.6 Å². The third-order valence-corrected chi connectivity index (χ3v) is 2.81. The topological polar surface area (TPSA) is 108 Å². The lowest BCUT2D eigenvalue weighted by Crippen LogP contribution is -2.64. The maximum absolute atomic E-state index is 11.1. The van der Waals surface area contributed by atoms with Gasteiger partial charge in [0.2, 0.25) is 5.91 Å². The van der Waals surface area contributed by atoms with Crippen LogP contribution in [0.4, 0.5) is 0 Å². The smallest absolute Gasteiger partial charge is 0.217 e. The molecule has 1 saturated heterocycles. The highest BCUT2D eigenvalue weighted by atomic mass is 32.1. The predicted octanol–water partition coefficient (Wildman–Crippen LogP) is -2.12. The molecule has 106 valence electrons. The van der Waals surface area contributed by atoms with Crippen LogP contribution in [0.5, 0.6) is 0 Å². The van der Waals surface area contributed by atoms with Crippen molar-refractivity contribution in [1.82, 2.24) is 5.32 Å². The Hall–Kier alpha value is -0.380. The van der Waals surface area contributed by atoms with Crippen molar-refractivity contribution in [3.63, 3.8) is 0 Å². The Balaban J connectivity index is 2.76. The van der Waals surface area contributed by atoms with Crippen molar-refractivity contribution >= 4 is 18.5 Å². The molecule has 1 rings (SSSR count). The molecule has 5 atom stereocenters. The van der Waals surface area contributed by atoms with E-state index in [1.54, 1.807) is 0 Å². The van der Waals surface area contributed by atoms with Crippen molar-refractivity contribution in [3.8, 4) is 0 Å². The molecule has 8 heteroatoms. The molecule has 0 aliphatic carbocycles. The molecule has 1 amide bonds. The monoisotopic (exact) mass is 281 g/mol. The number of carbonyl (C=O) groups is 1. The number of hydrogen-bond donors (Lipinski definition) is 5. The van der Waals surface area contributed by atoms with Crippen molar-refractivity contribution in [1.29, 1.82) is 0 Å². The summed E-state index contributed by atoms with van der Waals surface area (Å²) >= 11 is 3.98. The standard InChI is InChI=1S/C10H19NO6S/c1-5(13)11-7-9(15)8(14)6(4-12)17-10(7)16-2-3-18/h6-10,12,14-15,18H,2-4H2,1H3,(H,11,13)/t6-,7+,8-,9-,10+/m1/s1. The summed E-state index contributed by atoms with van der Waals surface area (Å²) in [6.45, 7) is 1.09. The van der Waals surface area contributed by atoms with Gasteiger partial charge in [0.05, 0.1) is 13.2 Å². The van der Waals surface area contributed by atoms with Crippen LogP contribution in [0.3, 0.4) is 0 Å². The molecule has 1 aliphatic rings. The summed E-state index contributed by atoms with van der Waals surface area (Å²) < 4.78 is 10.6. The Kier molecular flexibility index (Phi) is 6.33. The van der Waals surface area contributed by atoms with Gasteiger partial charge in [0, 0.05) is 12.7 Å². The molecule has 1 aliphatic heterocycles. The van der Waals surface area contributed by atoms with Crippen molar-refractivity contribution in [3.05, 3.63) is 0 Å². The Morgan fingerprint density at radius 2 is 2.11 bits per heavy atom. The van der Waals surface area contributed by atoms with E-state index in [-0.39, 0.29) is 12.5 Å². The average molecular weight is 281 g/mol. The van der Waals surface area contributed by atoms with Crippen molar-refractivity contribution in [2.75, 3.05) is 19.0 Å². The summed E-state index contributed by atoms with van der Waals surface area (Å²) in [5.74, 6) is 0.0616. The quantitative estimate of drug-likeness (QED) is 0.369. The number of nitrogens with one attached hydrogen (secondary N) is 1. The molecule has 0 unspecified atom stereocenters. The van der Waals surface area contributed by atoms with Gasteiger partial charge in [-0.3, -0.25) is 4.79 Å². The fraction of sp³-hybridized carbons (Fsp3) is 0.900. The molecule has 4 N–H and O–H groups in total. The fourth-order valence-electron chi connectivity index (χ4n) is 1.78. The Morgan fingerprint density at radius 3 is 2.61 bits per heavy atom. The van der Waals surface area contributed by atoms with E-state index < -0.39 is 37.3 Å². The normalized spacial score (nSPS) is 36.4. The van der Waals surface area contributed by atoms with E-state index in [0.29, 0.717) is 5.75 Å². The highest BCUT2D eigenvalue weighted by Gasteiger charge is 2.45. The molecule has 1 heterocycles. The first kappa shape index (κ1) is 15.7. The van der Waals surface area contributed by atoms with Crippen LogP contribution in [-0.4, -0.2) is 70.8 Å². The van der Waals surface area contributed by atoms with Crippen molar-refractivity contribution in [2.24, 2.45) is 0 Å². The van der Waals surface area contributed by atoms with Gasteiger partial charge in [-0.25, -0.2) is 0 Å². The Bertz CT molecular complexity index is 279. The lowest BCUT2D eigenvalue weighted by Gasteiger charge is -2.42. The Morgan fingerprint density at radius 1 is 1.44 bits per heavy atom. The number of rotatable bonds is 5. The van der Waals surface area contributed by atoms with Gasteiger partial charge in [0.1, 0.15) is 24.4 Å². The average Bonchev–Trinajstić information content (AvgIpc) is 2.33. The van der Waals surface area contributed by atoms with E-state index in [0.717, 1.165) is 0 Å². The van der Waals surface area contributed by atoms with E-state index in [1.807, 2.05) is 0 Å². The first-order valence-electron chi connectivity index (χ1n) is 5.63. The minimum Gasteiger partial charge on any atom is -0.394 e. The number of aliphatic hydroxyl groups is 3. The number of aliphatic hydroxyl groups excluding tert-OH is 3. The zero-order valence-electron chi connectivity index (χ0n) is 10.0. The highest BCUT2D eigenvalue weighted by Crippen LogP contribution is 2.22. The third-order valence-electron chi connectivity index (χ3n) is 2.62. The maximum atomic E-state index is 11.1. The van der Waals surface area contributed by atoms with E-state index in [1.165, 1.54) is 6.92 Å². The fourth-order valence-corrected chi connectivity index (χ4v) is 1.89. The Labute approximate surface area is 110 Å². The van der Waals surface area contributed by atoms with Crippen molar-refractivity contribution < 1.29 is 29.6 Å². The number of amides is 1. The van der Waals surface area contributed by atoms with Crippen LogP contribution in [0.15, 0.2) is 0 Å². The number of ether oxygens (including phenoxy) is 2. The number of carbonyl (C=O) groups excluding carboxylic acids is 1. The minimum atomic E-state index is -1.29. The summed E-state index contributed by atoms with van der Waals surface area (Å²) in [6.07, 6.45) is -4.45. The van der Waals surface area contributed by atoms with E-state index in [2.05, 4.69) is 17.9 Å². The molecule has 18 heavy (non-hydrogen) atoms. The minimum absolute atomic E-state index is 0.255. The second-order valence-electron chi connectivity index (χ2n) is 4.03. The molecule has 0 bridgehead atoms. The van der Waals surface area contributed by atoms with Crippen LogP contribution in [0.25, 0.3) is 0 Å². The van der Waals surface area contributed by atoms with Gasteiger partial charge in [-0.1, -0.05) is 0 Å². The summed E-state index contributed by atoms with van der Waals surface area (Å²) in [4.78, 5) is 11.1.